The number of nitrogens with one attached hydrogen (secondary N) is 1. The van der Waals surface area contributed by atoms with Gasteiger partial charge < -0.3 is 15.2 Å². The molecule has 0 saturated heterocycles. The van der Waals surface area contributed by atoms with Crippen molar-refractivity contribution in [3.8, 4) is 0 Å². The van der Waals surface area contributed by atoms with Crippen LogP contribution in [-0.4, -0.2) is 27.8 Å². The number of aromatic amines is 1. The molecular formula is C12H11BrFNO3. The van der Waals surface area contributed by atoms with E-state index in [1.54, 1.807) is 0 Å². The molecule has 1 aromatic heterocycles. The lowest BCUT2D eigenvalue weighted by atomic mass is 10.1. The highest BCUT2D eigenvalue weighted by Crippen LogP contribution is 2.31. The van der Waals surface area contributed by atoms with Crippen LogP contribution in [0.5, 0.6) is 0 Å². The fourth-order valence-corrected chi connectivity index (χ4v) is 2.41. The summed E-state index contributed by atoms with van der Waals surface area (Å²) in [7, 11) is 0. The first kappa shape index (κ1) is 13.0. The first-order chi connectivity index (χ1) is 8.56. The number of carbonyl (C=O) groups is 1. The maximum Gasteiger partial charge on any atom is 0.352 e. The number of rotatable bonds is 4. The molecule has 96 valence electrons. The molecule has 0 saturated carbocycles. The van der Waals surface area contributed by atoms with Gasteiger partial charge in [-0.3, -0.25) is 0 Å². The quantitative estimate of drug-likeness (QED) is 0.812. The Hall–Kier alpha value is -1.40. The van der Waals surface area contributed by atoms with Crippen molar-refractivity contribution < 1.29 is 19.4 Å². The number of aromatic carboxylic acids is 1. The second-order valence-corrected chi connectivity index (χ2v) is 4.74. The Morgan fingerprint density at radius 1 is 1.44 bits per heavy atom. The van der Waals surface area contributed by atoms with Crippen molar-refractivity contribution in [2.75, 3.05) is 6.61 Å². The Balaban J connectivity index is 2.72. The smallest absolute Gasteiger partial charge is 0.352 e. The molecule has 1 heterocycles. The highest BCUT2D eigenvalue weighted by Gasteiger charge is 2.20. The molecule has 18 heavy (non-hydrogen) atoms. The van der Waals surface area contributed by atoms with Crippen molar-refractivity contribution in [1.29, 1.82) is 0 Å². The van der Waals surface area contributed by atoms with Gasteiger partial charge in [-0.1, -0.05) is 0 Å². The second kappa shape index (κ2) is 5.07. The van der Waals surface area contributed by atoms with E-state index in [2.05, 4.69) is 20.9 Å². The van der Waals surface area contributed by atoms with Gasteiger partial charge in [-0.05, 0) is 46.5 Å². The SMILES string of the molecule is O=C(O)c1[nH]c2c(Br)ccc(F)c2c1CCCO. The summed E-state index contributed by atoms with van der Waals surface area (Å²) < 4.78 is 14.4. The molecule has 0 fully saturated rings. The van der Waals surface area contributed by atoms with Crippen molar-refractivity contribution in [1.82, 2.24) is 4.98 Å². The zero-order valence-corrected chi connectivity index (χ0v) is 10.9. The molecule has 0 aliphatic carbocycles. The fraction of sp³-hybridized carbons (Fsp3) is 0.250. The number of aromatic nitrogens is 1. The van der Waals surface area contributed by atoms with E-state index in [1.807, 2.05) is 0 Å². The van der Waals surface area contributed by atoms with E-state index in [0.29, 0.717) is 28.4 Å². The molecule has 0 unspecified atom stereocenters. The maximum absolute atomic E-state index is 13.8. The van der Waals surface area contributed by atoms with Crippen molar-refractivity contribution in [2.45, 2.75) is 12.8 Å². The minimum absolute atomic E-state index is 0.0238. The Labute approximate surface area is 111 Å². The molecular weight excluding hydrogens is 305 g/mol. The molecule has 0 aliphatic rings. The lowest BCUT2D eigenvalue weighted by molar-refractivity contribution is 0.0690. The summed E-state index contributed by atoms with van der Waals surface area (Å²) >= 11 is 3.26. The predicted octanol–water partition coefficient (Wildman–Crippen LogP) is 2.69. The summed E-state index contributed by atoms with van der Waals surface area (Å²) in [6, 6.07) is 2.81. The summed E-state index contributed by atoms with van der Waals surface area (Å²) in [5.41, 5.74) is 0.801. The zero-order chi connectivity index (χ0) is 13.3. The molecule has 6 heteroatoms. The minimum atomic E-state index is -1.13. The number of benzene rings is 1. The summed E-state index contributed by atoms with van der Waals surface area (Å²) in [5.74, 6) is -1.60. The molecule has 0 aliphatic heterocycles. The molecule has 2 rings (SSSR count). The van der Waals surface area contributed by atoms with Crippen LogP contribution < -0.4 is 0 Å². The zero-order valence-electron chi connectivity index (χ0n) is 9.33. The Morgan fingerprint density at radius 2 is 2.17 bits per heavy atom. The van der Waals surface area contributed by atoms with E-state index in [9.17, 15) is 9.18 Å². The third-order valence-electron chi connectivity index (χ3n) is 2.76. The highest BCUT2D eigenvalue weighted by molar-refractivity contribution is 9.10. The summed E-state index contributed by atoms with van der Waals surface area (Å²) in [6.45, 7) is -0.0681. The van der Waals surface area contributed by atoms with Gasteiger partial charge in [0.25, 0.3) is 0 Å². The van der Waals surface area contributed by atoms with Gasteiger partial charge in [0.1, 0.15) is 11.5 Å². The number of hydrogen-bond acceptors (Lipinski definition) is 2. The highest BCUT2D eigenvalue weighted by atomic mass is 79.9. The standard InChI is InChI=1S/C12H11BrFNO3/c13-7-3-4-8(14)9-6(2-1-5-16)10(12(17)18)15-11(7)9/h3-4,15-16H,1-2,5H2,(H,17,18). The van der Waals surface area contributed by atoms with Gasteiger partial charge >= 0.3 is 5.97 Å². The topological polar surface area (TPSA) is 73.3 Å². The van der Waals surface area contributed by atoms with Crippen LogP contribution in [0.2, 0.25) is 0 Å². The number of H-pyrrole nitrogens is 1. The van der Waals surface area contributed by atoms with E-state index < -0.39 is 11.8 Å². The van der Waals surface area contributed by atoms with E-state index in [4.69, 9.17) is 10.2 Å². The number of fused-ring (bicyclic) bond motifs is 1. The number of aliphatic hydroxyl groups excluding tert-OH is 1. The molecule has 0 radical (unpaired) electrons. The lowest BCUT2D eigenvalue weighted by Gasteiger charge is -2.01. The molecule has 3 N–H and O–H groups in total. The normalized spacial score (nSPS) is 11.1. The van der Waals surface area contributed by atoms with Crippen LogP contribution in [0.15, 0.2) is 16.6 Å². The third kappa shape index (κ3) is 2.13. The first-order valence-electron chi connectivity index (χ1n) is 5.39. The van der Waals surface area contributed by atoms with Gasteiger partial charge in [-0.25, -0.2) is 9.18 Å². The molecule has 0 bridgehead atoms. The molecule has 4 nitrogen and oxygen atoms in total. The number of hydrogen-bond donors (Lipinski definition) is 3. The molecule has 0 spiro atoms. The summed E-state index contributed by atoms with van der Waals surface area (Å²) in [6.07, 6.45) is 0.699. The van der Waals surface area contributed by atoms with Crippen molar-refractivity contribution >= 4 is 32.8 Å². The number of carboxylic acid groups (broad SMARTS) is 1. The van der Waals surface area contributed by atoms with Crippen molar-refractivity contribution in [3.05, 3.63) is 33.7 Å². The average Bonchev–Trinajstić information content (AvgIpc) is 2.72. The van der Waals surface area contributed by atoms with E-state index in [0.717, 1.165) is 0 Å². The summed E-state index contributed by atoms with van der Waals surface area (Å²) in [4.78, 5) is 13.9. The summed E-state index contributed by atoms with van der Waals surface area (Å²) in [5, 5.41) is 18.2. The van der Waals surface area contributed by atoms with Gasteiger partial charge in [-0.2, -0.15) is 0 Å². The number of aryl methyl sites for hydroxylation is 1. The Kier molecular flexibility index (Phi) is 3.68. The van der Waals surface area contributed by atoms with E-state index >= 15 is 0 Å². The van der Waals surface area contributed by atoms with Crippen LogP contribution >= 0.6 is 15.9 Å². The van der Waals surface area contributed by atoms with Crippen LogP contribution in [-0.2, 0) is 6.42 Å². The van der Waals surface area contributed by atoms with Crippen LogP contribution in [0.3, 0.4) is 0 Å². The Bertz CT molecular complexity index is 609. The van der Waals surface area contributed by atoms with Gasteiger partial charge in [0.05, 0.1) is 5.52 Å². The van der Waals surface area contributed by atoms with Gasteiger partial charge in [-0.15, -0.1) is 0 Å². The van der Waals surface area contributed by atoms with Crippen LogP contribution in [0.4, 0.5) is 4.39 Å². The molecule has 1 aromatic carbocycles. The molecule has 0 atom stereocenters. The lowest BCUT2D eigenvalue weighted by Crippen LogP contribution is -2.02. The average molecular weight is 316 g/mol. The van der Waals surface area contributed by atoms with Crippen LogP contribution in [0.25, 0.3) is 10.9 Å². The first-order valence-corrected chi connectivity index (χ1v) is 6.18. The largest absolute Gasteiger partial charge is 0.477 e. The second-order valence-electron chi connectivity index (χ2n) is 3.89. The monoisotopic (exact) mass is 315 g/mol. The maximum atomic E-state index is 13.8. The molecule has 0 amide bonds. The minimum Gasteiger partial charge on any atom is -0.477 e. The number of aliphatic hydroxyl groups is 1. The van der Waals surface area contributed by atoms with Gasteiger partial charge in [0.2, 0.25) is 0 Å². The fourth-order valence-electron chi connectivity index (χ4n) is 1.98. The van der Waals surface area contributed by atoms with E-state index in [1.165, 1.54) is 12.1 Å². The van der Waals surface area contributed by atoms with Crippen molar-refractivity contribution in [3.63, 3.8) is 0 Å². The number of halogens is 2. The van der Waals surface area contributed by atoms with E-state index in [-0.39, 0.29) is 17.7 Å². The number of carboxylic acids is 1. The third-order valence-corrected chi connectivity index (χ3v) is 3.42. The predicted molar refractivity (Wildman–Crippen MR) is 68.3 cm³/mol. The molecule has 2 aromatic rings. The van der Waals surface area contributed by atoms with Crippen LogP contribution in [0.1, 0.15) is 22.5 Å². The van der Waals surface area contributed by atoms with Gasteiger partial charge in [0.15, 0.2) is 0 Å². The Morgan fingerprint density at radius 3 is 2.78 bits per heavy atom. The van der Waals surface area contributed by atoms with Gasteiger partial charge in [0, 0.05) is 16.5 Å². The van der Waals surface area contributed by atoms with Crippen LogP contribution in [0, 0.1) is 5.82 Å². The van der Waals surface area contributed by atoms with Crippen molar-refractivity contribution in [2.24, 2.45) is 0 Å².